The highest BCUT2D eigenvalue weighted by atomic mass is 19.3. The SMILES string of the molecule is COc1ccc(C[C@H](NC(=O)[C@H](C)NC(=O)C(C)(F)F)C(=O)N[C@@H](Cc2ccccc2)C(=O)[C@@]2(C)CO2)cc1. The molecule has 1 saturated heterocycles. The second-order valence-corrected chi connectivity index (χ2v) is 9.83. The lowest BCUT2D eigenvalue weighted by atomic mass is 9.94. The Labute approximate surface area is 225 Å². The molecule has 39 heavy (non-hydrogen) atoms. The van der Waals surface area contributed by atoms with Crippen molar-refractivity contribution in [2.45, 2.75) is 63.3 Å². The van der Waals surface area contributed by atoms with E-state index in [1.165, 1.54) is 14.0 Å². The van der Waals surface area contributed by atoms with Gasteiger partial charge in [-0.3, -0.25) is 19.2 Å². The van der Waals surface area contributed by atoms with Crippen molar-refractivity contribution in [2.75, 3.05) is 13.7 Å². The molecule has 0 unspecified atom stereocenters. The number of hydrogen-bond donors (Lipinski definition) is 3. The van der Waals surface area contributed by atoms with Crippen LogP contribution in [0.5, 0.6) is 5.75 Å². The smallest absolute Gasteiger partial charge is 0.321 e. The van der Waals surface area contributed by atoms with Crippen molar-refractivity contribution in [3.63, 3.8) is 0 Å². The fourth-order valence-corrected chi connectivity index (χ4v) is 3.84. The lowest BCUT2D eigenvalue weighted by molar-refractivity contribution is -0.145. The second kappa shape index (κ2) is 12.3. The molecule has 1 fully saturated rings. The van der Waals surface area contributed by atoms with E-state index in [9.17, 15) is 28.0 Å². The minimum atomic E-state index is -3.68. The van der Waals surface area contributed by atoms with E-state index >= 15 is 0 Å². The summed E-state index contributed by atoms with van der Waals surface area (Å²) in [5, 5.41) is 7.22. The number of epoxide rings is 1. The van der Waals surface area contributed by atoms with Crippen molar-refractivity contribution in [2.24, 2.45) is 0 Å². The van der Waals surface area contributed by atoms with Crippen molar-refractivity contribution < 1.29 is 37.4 Å². The summed E-state index contributed by atoms with van der Waals surface area (Å²) >= 11 is 0. The topological polar surface area (TPSA) is 126 Å². The normalized spacial score (nSPS) is 18.7. The number of Topliss-reactive ketones (excluding diaryl/α,β-unsaturated/α-hetero) is 1. The van der Waals surface area contributed by atoms with Crippen LogP contribution in [0.1, 0.15) is 31.9 Å². The molecular formula is C28H33F2N3O6. The van der Waals surface area contributed by atoms with Crippen LogP contribution in [0.15, 0.2) is 54.6 Å². The first-order valence-corrected chi connectivity index (χ1v) is 12.5. The highest BCUT2D eigenvalue weighted by Crippen LogP contribution is 2.29. The molecule has 0 bridgehead atoms. The zero-order valence-corrected chi connectivity index (χ0v) is 22.3. The highest BCUT2D eigenvalue weighted by Gasteiger charge is 2.50. The maximum atomic E-state index is 13.5. The molecule has 0 radical (unpaired) electrons. The number of methoxy groups -OCH3 is 1. The summed E-state index contributed by atoms with van der Waals surface area (Å²) in [7, 11) is 1.51. The molecule has 0 aromatic heterocycles. The Bertz CT molecular complexity index is 1180. The Morgan fingerprint density at radius 3 is 2.00 bits per heavy atom. The first-order chi connectivity index (χ1) is 18.3. The van der Waals surface area contributed by atoms with Crippen LogP contribution in [0.4, 0.5) is 8.78 Å². The van der Waals surface area contributed by atoms with Crippen LogP contribution in [0, 0.1) is 0 Å². The Balaban J connectivity index is 1.81. The summed E-state index contributed by atoms with van der Waals surface area (Å²) in [5.74, 6) is -6.51. The van der Waals surface area contributed by atoms with Crippen LogP contribution >= 0.6 is 0 Å². The fourth-order valence-electron chi connectivity index (χ4n) is 3.84. The summed E-state index contributed by atoms with van der Waals surface area (Å²) in [6.07, 6.45) is 0.220. The molecule has 9 nitrogen and oxygen atoms in total. The van der Waals surface area contributed by atoms with Gasteiger partial charge in [0.2, 0.25) is 11.8 Å². The number of benzene rings is 2. The van der Waals surface area contributed by atoms with Crippen molar-refractivity contribution in [3.05, 3.63) is 65.7 Å². The number of alkyl halides is 2. The van der Waals surface area contributed by atoms with Crippen LogP contribution in [-0.2, 0) is 36.8 Å². The summed E-state index contributed by atoms with van der Waals surface area (Å²) in [4.78, 5) is 51.2. The highest BCUT2D eigenvalue weighted by molar-refractivity contribution is 5.98. The molecule has 2 aromatic carbocycles. The quantitative estimate of drug-likeness (QED) is 0.331. The predicted molar refractivity (Wildman–Crippen MR) is 138 cm³/mol. The summed E-state index contributed by atoms with van der Waals surface area (Å²) in [5.41, 5.74) is 0.468. The molecule has 2 aromatic rings. The third-order valence-electron chi connectivity index (χ3n) is 6.39. The number of ketones is 1. The minimum absolute atomic E-state index is 0.0200. The Morgan fingerprint density at radius 2 is 1.46 bits per heavy atom. The molecule has 3 rings (SSSR count). The number of hydrogen-bond acceptors (Lipinski definition) is 6. The zero-order valence-electron chi connectivity index (χ0n) is 22.3. The van der Waals surface area contributed by atoms with Gasteiger partial charge in [-0.2, -0.15) is 8.78 Å². The molecule has 0 spiro atoms. The maximum Gasteiger partial charge on any atom is 0.321 e. The molecule has 1 aliphatic rings. The predicted octanol–water partition coefficient (Wildman–Crippen LogP) is 1.97. The lowest BCUT2D eigenvalue weighted by Crippen LogP contribution is -2.57. The van der Waals surface area contributed by atoms with Gasteiger partial charge in [-0.05, 0) is 43.5 Å². The number of ether oxygens (including phenoxy) is 2. The average molecular weight is 546 g/mol. The van der Waals surface area contributed by atoms with Gasteiger partial charge in [0, 0.05) is 13.3 Å². The van der Waals surface area contributed by atoms with Gasteiger partial charge in [-0.1, -0.05) is 42.5 Å². The number of nitrogens with one attached hydrogen (secondary N) is 3. The Hall–Kier alpha value is -3.86. The Kier molecular flexibility index (Phi) is 9.39. The van der Waals surface area contributed by atoms with Crippen LogP contribution in [0.25, 0.3) is 0 Å². The third-order valence-corrected chi connectivity index (χ3v) is 6.39. The first kappa shape index (κ1) is 29.7. The largest absolute Gasteiger partial charge is 0.497 e. The minimum Gasteiger partial charge on any atom is -0.497 e. The van der Waals surface area contributed by atoms with Gasteiger partial charge < -0.3 is 25.4 Å². The van der Waals surface area contributed by atoms with E-state index in [0.29, 0.717) is 18.2 Å². The van der Waals surface area contributed by atoms with Gasteiger partial charge in [0.1, 0.15) is 23.4 Å². The molecule has 3 N–H and O–H groups in total. The number of carbonyl (C=O) groups excluding carboxylic acids is 4. The molecule has 0 aliphatic carbocycles. The van der Waals surface area contributed by atoms with Gasteiger partial charge in [0.25, 0.3) is 5.91 Å². The summed E-state index contributed by atoms with van der Waals surface area (Å²) in [6, 6.07) is 12.4. The van der Waals surface area contributed by atoms with Crippen molar-refractivity contribution in [1.29, 1.82) is 0 Å². The third kappa shape index (κ3) is 8.31. The van der Waals surface area contributed by atoms with Crippen molar-refractivity contribution in [1.82, 2.24) is 16.0 Å². The number of rotatable bonds is 13. The van der Waals surface area contributed by atoms with Gasteiger partial charge in [-0.15, -0.1) is 0 Å². The van der Waals surface area contributed by atoms with Crippen molar-refractivity contribution in [3.8, 4) is 5.75 Å². The van der Waals surface area contributed by atoms with E-state index in [-0.39, 0.29) is 25.2 Å². The molecule has 4 atom stereocenters. The molecule has 210 valence electrons. The van der Waals surface area contributed by atoms with Crippen molar-refractivity contribution >= 4 is 23.5 Å². The van der Waals surface area contributed by atoms with Crippen LogP contribution in [0.3, 0.4) is 0 Å². The standard InChI is InChI=1S/C28H33F2N3O6/c1-17(31-26(37)28(3,29)30)24(35)33-22(15-19-10-12-20(38-4)13-11-19)25(36)32-21(23(34)27(2)16-39-27)14-18-8-6-5-7-9-18/h5-13,17,21-22H,14-16H2,1-4H3,(H,31,37)(H,32,36)(H,33,35)/t17-,21-,22-,27+/m0/s1. The fraction of sp³-hybridized carbons (Fsp3) is 0.429. The Morgan fingerprint density at radius 1 is 0.923 bits per heavy atom. The van der Waals surface area contributed by atoms with Crippen LogP contribution in [-0.4, -0.2) is 66.9 Å². The van der Waals surface area contributed by atoms with Crippen LogP contribution in [0.2, 0.25) is 0 Å². The first-order valence-electron chi connectivity index (χ1n) is 12.5. The van der Waals surface area contributed by atoms with E-state index in [0.717, 1.165) is 5.56 Å². The monoisotopic (exact) mass is 545 g/mol. The second-order valence-electron chi connectivity index (χ2n) is 9.83. The van der Waals surface area contributed by atoms with E-state index < -0.39 is 47.4 Å². The van der Waals surface area contributed by atoms with E-state index in [1.54, 1.807) is 31.2 Å². The zero-order chi connectivity index (χ0) is 28.8. The molecule has 1 aliphatic heterocycles. The van der Waals surface area contributed by atoms with E-state index in [2.05, 4.69) is 10.6 Å². The number of halogens is 2. The van der Waals surface area contributed by atoms with E-state index in [4.69, 9.17) is 9.47 Å². The summed E-state index contributed by atoms with van der Waals surface area (Å²) < 4.78 is 37.1. The maximum absolute atomic E-state index is 13.5. The molecule has 11 heteroatoms. The molecule has 0 saturated carbocycles. The number of carbonyl (C=O) groups is 4. The van der Waals surface area contributed by atoms with Gasteiger partial charge in [-0.25, -0.2) is 0 Å². The van der Waals surface area contributed by atoms with Gasteiger partial charge >= 0.3 is 5.92 Å². The van der Waals surface area contributed by atoms with E-state index in [1.807, 2.05) is 35.6 Å². The van der Waals surface area contributed by atoms with Gasteiger partial charge in [0.05, 0.1) is 19.8 Å². The summed E-state index contributed by atoms with van der Waals surface area (Å²) in [6.45, 7) is 3.53. The van der Waals surface area contributed by atoms with Gasteiger partial charge in [0.15, 0.2) is 5.78 Å². The average Bonchev–Trinajstić information content (AvgIpc) is 3.66. The molecular weight excluding hydrogens is 512 g/mol. The molecule has 3 amide bonds. The lowest BCUT2D eigenvalue weighted by Gasteiger charge is -2.25. The van der Waals surface area contributed by atoms with Crippen LogP contribution < -0.4 is 20.7 Å². The molecule has 1 heterocycles. The number of amides is 3.